The van der Waals surface area contributed by atoms with E-state index in [-0.39, 0.29) is 13.0 Å². The Bertz CT molecular complexity index is 467. The Morgan fingerprint density at radius 1 is 1.38 bits per heavy atom. The highest BCUT2D eigenvalue weighted by molar-refractivity contribution is 7.88. The summed E-state index contributed by atoms with van der Waals surface area (Å²) in [5.41, 5.74) is 0. The minimum Gasteiger partial charge on any atom is -0.395 e. The summed E-state index contributed by atoms with van der Waals surface area (Å²) in [5, 5.41) is 8.81. The zero-order chi connectivity index (χ0) is 16.3. The predicted molar refractivity (Wildman–Crippen MR) is 68.9 cm³/mol. The van der Waals surface area contributed by atoms with Crippen molar-refractivity contribution in [2.24, 2.45) is 0 Å². The second-order valence-electron chi connectivity index (χ2n) is 4.98. The fourth-order valence-electron chi connectivity index (χ4n) is 2.36. The standard InChI is InChI=1S/C11H19F3N2O4S/c1-21(19,20)16-5-3-2-4-9(16)10(18)15(6-7-17)8-11(12,13)14/h9,17H,2-8H2,1H3. The maximum absolute atomic E-state index is 12.5. The number of nitrogens with zero attached hydrogens (tertiary/aromatic N) is 2. The molecule has 21 heavy (non-hydrogen) atoms. The van der Waals surface area contributed by atoms with Gasteiger partial charge in [-0.2, -0.15) is 17.5 Å². The van der Waals surface area contributed by atoms with E-state index in [1.165, 1.54) is 0 Å². The number of rotatable bonds is 5. The molecular formula is C11H19F3N2O4S. The molecule has 0 radical (unpaired) electrons. The van der Waals surface area contributed by atoms with Crippen LogP contribution < -0.4 is 0 Å². The molecule has 124 valence electrons. The summed E-state index contributed by atoms with van der Waals surface area (Å²) in [7, 11) is -3.67. The third-order valence-electron chi connectivity index (χ3n) is 3.22. The molecule has 0 spiro atoms. The van der Waals surface area contributed by atoms with Crippen LogP contribution in [-0.4, -0.2) is 73.4 Å². The first-order chi connectivity index (χ1) is 9.56. The van der Waals surface area contributed by atoms with Crippen LogP contribution in [0.3, 0.4) is 0 Å². The minimum atomic E-state index is -4.60. The van der Waals surface area contributed by atoms with Crippen LogP contribution in [0.15, 0.2) is 0 Å². The van der Waals surface area contributed by atoms with Crippen molar-refractivity contribution in [1.82, 2.24) is 9.21 Å². The van der Waals surface area contributed by atoms with Crippen molar-refractivity contribution in [2.45, 2.75) is 31.5 Å². The molecule has 1 fully saturated rings. The van der Waals surface area contributed by atoms with Gasteiger partial charge in [0.25, 0.3) is 0 Å². The summed E-state index contributed by atoms with van der Waals surface area (Å²) in [6.07, 6.45) is -2.35. The lowest BCUT2D eigenvalue weighted by Crippen LogP contribution is -2.54. The molecule has 1 unspecified atom stereocenters. The molecule has 1 amide bonds. The molecule has 0 aliphatic carbocycles. The second kappa shape index (κ2) is 6.93. The number of halogens is 3. The van der Waals surface area contributed by atoms with Crippen LogP contribution in [0.1, 0.15) is 19.3 Å². The molecule has 1 saturated heterocycles. The predicted octanol–water partition coefficient (Wildman–Crippen LogP) is 0.184. The fraction of sp³-hybridized carbons (Fsp3) is 0.909. The summed E-state index contributed by atoms with van der Waals surface area (Å²) >= 11 is 0. The number of sulfonamides is 1. The molecule has 1 aliphatic heterocycles. The van der Waals surface area contributed by atoms with Crippen LogP contribution in [0, 0.1) is 0 Å². The number of hydrogen-bond donors (Lipinski definition) is 1. The Kier molecular flexibility index (Phi) is 6.00. The molecule has 1 atom stereocenters. The first-order valence-corrected chi connectivity index (χ1v) is 8.34. The van der Waals surface area contributed by atoms with Gasteiger partial charge < -0.3 is 10.0 Å². The lowest BCUT2D eigenvalue weighted by Gasteiger charge is -2.36. The number of piperidine rings is 1. The summed E-state index contributed by atoms with van der Waals surface area (Å²) in [5.74, 6) is -0.911. The number of carbonyl (C=O) groups is 1. The summed E-state index contributed by atoms with van der Waals surface area (Å²) in [4.78, 5) is 12.7. The molecule has 0 aromatic carbocycles. The van der Waals surface area contributed by atoms with Gasteiger partial charge in [0.05, 0.1) is 12.9 Å². The zero-order valence-corrected chi connectivity index (χ0v) is 12.5. The van der Waals surface area contributed by atoms with Crippen LogP contribution in [-0.2, 0) is 14.8 Å². The monoisotopic (exact) mass is 332 g/mol. The maximum Gasteiger partial charge on any atom is 0.406 e. The SMILES string of the molecule is CS(=O)(=O)N1CCCCC1C(=O)N(CCO)CC(F)(F)F. The van der Waals surface area contributed by atoms with Gasteiger partial charge in [-0.1, -0.05) is 6.42 Å². The Morgan fingerprint density at radius 2 is 2.00 bits per heavy atom. The van der Waals surface area contributed by atoms with Gasteiger partial charge in [-0.25, -0.2) is 8.42 Å². The number of aliphatic hydroxyl groups excluding tert-OH is 1. The highest BCUT2D eigenvalue weighted by Crippen LogP contribution is 2.23. The van der Waals surface area contributed by atoms with Crippen LogP contribution >= 0.6 is 0 Å². The third-order valence-corrected chi connectivity index (χ3v) is 4.51. The van der Waals surface area contributed by atoms with Gasteiger partial charge in [0.2, 0.25) is 15.9 Å². The van der Waals surface area contributed by atoms with E-state index in [1.54, 1.807) is 0 Å². The Balaban J connectivity index is 2.94. The van der Waals surface area contributed by atoms with E-state index in [4.69, 9.17) is 5.11 Å². The average Bonchev–Trinajstić information content (AvgIpc) is 2.35. The first-order valence-electron chi connectivity index (χ1n) is 6.49. The van der Waals surface area contributed by atoms with E-state index in [0.29, 0.717) is 17.7 Å². The molecule has 0 saturated carbocycles. The molecular weight excluding hydrogens is 313 g/mol. The fourth-order valence-corrected chi connectivity index (χ4v) is 3.48. The summed E-state index contributed by atoms with van der Waals surface area (Å²) in [6, 6.07) is -1.12. The molecule has 0 aromatic heterocycles. The molecule has 10 heteroatoms. The van der Waals surface area contributed by atoms with Crippen molar-refractivity contribution in [3.05, 3.63) is 0 Å². The summed E-state index contributed by atoms with van der Waals surface area (Å²) < 4.78 is 61.7. The largest absolute Gasteiger partial charge is 0.406 e. The van der Waals surface area contributed by atoms with E-state index in [2.05, 4.69) is 0 Å². The van der Waals surface area contributed by atoms with Crippen LogP contribution in [0.2, 0.25) is 0 Å². The summed E-state index contributed by atoms with van der Waals surface area (Å²) in [6.45, 7) is -2.48. The third kappa shape index (κ3) is 5.44. The number of carbonyl (C=O) groups excluding carboxylic acids is 1. The lowest BCUT2D eigenvalue weighted by molar-refractivity contribution is -0.164. The molecule has 0 aromatic rings. The van der Waals surface area contributed by atoms with Crippen LogP contribution in [0.4, 0.5) is 13.2 Å². The van der Waals surface area contributed by atoms with Crippen molar-refractivity contribution in [1.29, 1.82) is 0 Å². The van der Waals surface area contributed by atoms with E-state index < -0.39 is 47.8 Å². The number of amides is 1. The maximum atomic E-state index is 12.5. The first kappa shape index (κ1) is 18.2. The second-order valence-corrected chi connectivity index (χ2v) is 6.92. The smallest absolute Gasteiger partial charge is 0.395 e. The van der Waals surface area contributed by atoms with Gasteiger partial charge in [0, 0.05) is 13.1 Å². The van der Waals surface area contributed by atoms with Crippen molar-refractivity contribution >= 4 is 15.9 Å². The van der Waals surface area contributed by atoms with Gasteiger partial charge in [-0.15, -0.1) is 0 Å². The van der Waals surface area contributed by atoms with Crippen molar-refractivity contribution in [3.8, 4) is 0 Å². The number of hydrogen-bond acceptors (Lipinski definition) is 4. The van der Waals surface area contributed by atoms with Crippen molar-refractivity contribution in [3.63, 3.8) is 0 Å². The van der Waals surface area contributed by atoms with E-state index in [9.17, 15) is 26.4 Å². The topological polar surface area (TPSA) is 77.9 Å². The Hall–Kier alpha value is -0.870. The highest BCUT2D eigenvalue weighted by Gasteiger charge is 2.40. The Morgan fingerprint density at radius 3 is 2.48 bits per heavy atom. The van der Waals surface area contributed by atoms with Gasteiger partial charge in [-0.05, 0) is 12.8 Å². The van der Waals surface area contributed by atoms with E-state index in [1.807, 2.05) is 0 Å². The van der Waals surface area contributed by atoms with Crippen LogP contribution in [0.25, 0.3) is 0 Å². The van der Waals surface area contributed by atoms with E-state index in [0.717, 1.165) is 10.6 Å². The molecule has 0 bridgehead atoms. The normalized spacial score (nSPS) is 21.3. The molecule has 1 N–H and O–H groups in total. The Labute approximate surface area is 121 Å². The molecule has 1 aliphatic rings. The van der Waals surface area contributed by atoms with Gasteiger partial charge >= 0.3 is 6.18 Å². The van der Waals surface area contributed by atoms with E-state index >= 15 is 0 Å². The number of alkyl halides is 3. The van der Waals surface area contributed by atoms with Gasteiger partial charge in [-0.3, -0.25) is 4.79 Å². The molecule has 1 heterocycles. The van der Waals surface area contributed by atoms with Crippen molar-refractivity contribution in [2.75, 3.05) is 32.5 Å². The minimum absolute atomic E-state index is 0.119. The number of aliphatic hydroxyl groups is 1. The molecule has 1 rings (SSSR count). The van der Waals surface area contributed by atoms with Gasteiger partial charge in [0.1, 0.15) is 12.6 Å². The zero-order valence-electron chi connectivity index (χ0n) is 11.6. The van der Waals surface area contributed by atoms with Gasteiger partial charge in [0.15, 0.2) is 0 Å². The van der Waals surface area contributed by atoms with Crippen LogP contribution in [0.5, 0.6) is 0 Å². The quantitative estimate of drug-likeness (QED) is 0.779. The highest BCUT2D eigenvalue weighted by atomic mass is 32.2. The van der Waals surface area contributed by atoms with Crippen molar-refractivity contribution < 1.29 is 31.5 Å². The average molecular weight is 332 g/mol. The lowest BCUT2D eigenvalue weighted by atomic mass is 10.0. The molecule has 6 nitrogen and oxygen atoms in total.